The molecule has 0 aromatic heterocycles. The summed E-state index contributed by atoms with van der Waals surface area (Å²) in [6.07, 6.45) is 0. The molecule has 12 aromatic rings. The highest BCUT2D eigenvalue weighted by atomic mass is 16.5. The molecule has 0 bridgehead atoms. The Morgan fingerprint density at radius 2 is 0.491 bits per heavy atom. The fraction of sp³-hybridized carbons (Fsp3) is 0.234. The van der Waals surface area contributed by atoms with E-state index in [0.29, 0.717) is 26.4 Å². The zero-order chi connectivity index (χ0) is 77.9. The van der Waals surface area contributed by atoms with Crippen LogP contribution in [0.2, 0.25) is 0 Å². The molecule has 4 heterocycles. The first-order chi connectivity index (χ1) is 52.9. The minimum Gasteiger partial charge on any atom is -0.508 e. The normalized spacial score (nSPS) is 18.4. The van der Waals surface area contributed by atoms with Crippen LogP contribution >= 0.6 is 0 Å². The van der Waals surface area contributed by atoms with Crippen molar-refractivity contribution in [2.45, 2.75) is 103 Å². The molecule has 564 valence electrons. The lowest BCUT2D eigenvalue weighted by molar-refractivity contribution is 0.245. The van der Waals surface area contributed by atoms with E-state index in [0.717, 1.165) is 135 Å². The molecule has 16 nitrogen and oxygen atoms in total. The van der Waals surface area contributed by atoms with Crippen molar-refractivity contribution in [3.8, 4) is 92.0 Å². The number of ether oxygens (including phenoxy) is 6. The summed E-state index contributed by atoms with van der Waals surface area (Å²) in [5.41, 5.74) is 20.1. The number of methoxy groups -OCH3 is 2. The molecule has 4 aliphatic heterocycles. The monoisotopic (exact) mass is 1480 g/mol. The zero-order valence-corrected chi connectivity index (χ0v) is 63.2. The number of phenolic OH excluding ortho intramolecular Hbond substituents is 10. The number of aromatic hydroxyl groups is 10. The molecular formula is C94H92O16. The van der Waals surface area contributed by atoms with E-state index in [4.69, 9.17) is 28.4 Å². The Hall–Kier alpha value is -12.6. The minimum atomic E-state index is 0.0110. The molecular weight excluding hydrogens is 1390 g/mol. The van der Waals surface area contributed by atoms with Crippen LogP contribution in [0.15, 0.2) is 218 Å². The van der Waals surface area contributed by atoms with Crippen molar-refractivity contribution in [1.82, 2.24) is 0 Å². The van der Waals surface area contributed by atoms with Crippen molar-refractivity contribution >= 4 is 0 Å². The first kappa shape index (κ1) is 75.7. The van der Waals surface area contributed by atoms with Crippen molar-refractivity contribution in [3.63, 3.8) is 0 Å². The Balaban J connectivity index is 0.000000129. The Morgan fingerprint density at radius 1 is 0.245 bits per heavy atom. The highest BCUT2D eigenvalue weighted by molar-refractivity contribution is 5.62. The van der Waals surface area contributed by atoms with Gasteiger partial charge >= 0.3 is 0 Å². The second kappa shape index (κ2) is 32.1. The molecule has 0 radical (unpaired) electrons. The molecule has 0 saturated carbocycles. The highest BCUT2D eigenvalue weighted by Crippen LogP contribution is 2.54. The topological polar surface area (TPSA) is 258 Å². The van der Waals surface area contributed by atoms with Crippen molar-refractivity contribution in [2.75, 3.05) is 40.6 Å². The van der Waals surface area contributed by atoms with Gasteiger partial charge in [0.05, 0.1) is 40.6 Å². The molecule has 4 aliphatic rings. The van der Waals surface area contributed by atoms with Gasteiger partial charge in [0.2, 0.25) is 0 Å². The Labute approximate surface area is 641 Å². The van der Waals surface area contributed by atoms with Crippen LogP contribution in [0.25, 0.3) is 0 Å². The summed E-state index contributed by atoms with van der Waals surface area (Å²) in [5.74, 6) is 7.53. The van der Waals surface area contributed by atoms with E-state index in [-0.39, 0.29) is 105 Å². The SMILES string of the molecule is COc1c(C)cc(C2c3ccc(O)c(C)c3OCC2c2ccc(O)cc2)cc1C.COc1ccc(C2c3ccc(O)c(C)c3OCC2c2ccc(O)cc2)cc1C.Cc1c(O)ccc2c1OCC(c1ccc(O)cc1)C2c1ccc(O)cc1.Cc1cc(C2c3ccc(O)c(C)c3OCC2c2ccc(O)cc2)ccc1O. The third kappa shape index (κ3) is 15.4. The first-order valence-electron chi connectivity index (χ1n) is 36.7. The number of benzene rings is 12. The summed E-state index contributed by atoms with van der Waals surface area (Å²) in [6.45, 7) is 17.4. The summed E-state index contributed by atoms with van der Waals surface area (Å²) in [4.78, 5) is 0. The second-order valence-corrected chi connectivity index (χ2v) is 29.0. The van der Waals surface area contributed by atoms with Crippen LogP contribution in [-0.4, -0.2) is 91.7 Å². The van der Waals surface area contributed by atoms with Crippen LogP contribution in [0.1, 0.15) is 159 Å². The average Bonchev–Trinajstić information content (AvgIpc) is 0.776. The minimum absolute atomic E-state index is 0.0110. The second-order valence-electron chi connectivity index (χ2n) is 29.0. The van der Waals surface area contributed by atoms with E-state index in [1.165, 1.54) is 11.1 Å². The number of rotatable bonds is 10. The van der Waals surface area contributed by atoms with E-state index in [1.54, 1.807) is 105 Å². The van der Waals surface area contributed by atoms with Gasteiger partial charge in [0.1, 0.15) is 92.0 Å². The maximum atomic E-state index is 10.2. The van der Waals surface area contributed by atoms with E-state index in [1.807, 2.05) is 145 Å². The van der Waals surface area contributed by atoms with Gasteiger partial charge in [-0.25, -0.2) is 0 Å². The van der Waals surface area contributed by atoms with Gasteiger partial charge in [0, 0.05) is 91.9 Å². The molecule has 10 N–H and O–H groups in total. The van der Waals surface area contributed by atoms with Crippen LogP contribution in [0.5, 0.6) is 92.0 Å². The molecule has 110 heavy (non-hydrogen) atoms. The lowest BCUT2D eigenvalue weighted by Gasteiger charge is -2.36. The summed E-state index contributed by atoms with van der Waals surface area (Å²) < 4.78 is 35.3. The molecule has 16 heteroatoms. The van der Waals surface area contributed by atoms with Crippen LogP contribution in [0.4, 0.5) is 0 Å². The van der Waals surface area contributed by atoms with Gasteiger partial charge < -0.3 is 79.5 Å². The molecule has 0 fully saturated rings. The standard InChI is InChI=1S/C25H26O4.C24H24O4.C23H22O4.C22H20O4/c1-14-11-18(12-15(2)24(14)28-4)23-20-9-10-22(27)16(3)25(20)29-13-21(23)17-5-7-19(26)8-6-17;1-14-12-17(6-11-22(14)27-3)23-19-9-10-21(26)15(2)24(19)28-13-20(23)16-4-7-18(25)8-5-16;1-13-11-16(5-9-20(13)25)22-18-8-10-21(26)14(2)23(18)27-12-19(22)15-3-6-17(24)7-4-15;1-13-20(25)11-10-18-21(15-4-8-17(24)9-5-15)19(12-26-22(13)18)14-2-6-16(23)7-3-14/h5-12,21,23,26-27H,13H2,1-4H3;4-12,20,23,25-26H,13H2,1-3H3;3-11,19,22,24-26H,12H2,1-2H3;2-11,19,21,23-25H,12H2,1H3. The lowest BCUT2D eigenvalue weighted by atomic mass is 9.74. The van der Waals surface area contributed by atoms with E-state index >= 15 is 0 Å². The first-order valence-corrected chi connectivity index (χ1v) is 36.7. The molecule has 8 unspecified atom stereocenters. The van der Waals surface area contributed by atoms with E-state index in [9.17, 15) is 51.1 Å². The van der Waals surface area contributed by atoms with E-state index in [2.05, 4.69) is 38.1 Å². The lowest BCUT2D eigenvalue weighted by Crippen LogP contribution is -2.26. The smallest absolute Gasteiger partial charge is 0.129 e. The maximum Gasteiger partial charge on any atom is 0.129 e. The molecule has 0 amide bonds. The molecule has 0 aliphatic carbocycles. The quantitative estimate of drug-likeness (QED) is 0.0611. The third-order valence-electron chi connectivity index (χ3n) is 22.2. The number of fused-ring (bicyclic) bond motifs is 4. The van der Waals surface area contributed by atoms with Gasteiger partial charge in [-0.05, 0) is 219 Å². The largest absolute Gasteiger partial charge is 0.508 e. The predicted octanol–water partition coefficient (Wildman–Crippen LogP) is 19.5. The van der Waals surface area contributed by atoms with Crippen LogP contribution in [0, 0.1) is 55.4 Å². The Morgan fingerprint density at radius 3 is 0.773 bits per heavy atom. The highest BCUT2D eigenvalue weighted by Gasteiger charge is 2.40. The van der Waals surface area contributed by atoms with Crippen LogP contribution in [-0.2, 0) is 0 Å². The summed E-state index contributed by atoms with van der Waals surface area (Å²) >= 11 is 0. The van der Waals surface area contributed by atoms with Gasteiger partial charge in [-0.15, -0.1) is 0 Å². The number of hydrogen-bond donors (Lipinski definition) is 10. The molecule has 16 rings (SSSR count). The summed E-state index contributed by atoms with van der Waals surface area (Å²) in [7, 11) is 3.38. The third-order valence-corrected chi connectivity index (χ3v) is 22.2. The predicted molar refractivity (Wildman–Crippen MR) is 425 cm³/mol. The van der Waals surface area contributed by atoms with Crippen molar-refractivity contribution in [2.24, 2.45) is 0 Å². The van der Waals surface area contributed by atoms with Gasteiger partial charge in [-0.2, -0.15) is 0 Å². The zero-order valence-electron chi connectivity index (χ0n) is 63.2. The molecule has 12 aromatic carbocycles. The summed E-state index contributed by atoms with van der Waals surface area (Å²) in [6, 6.07) is 67.2. The number of hydrogen-bond acceptors (Lipinski definition) is 16. The average molecular weight is 1480 g/mol. The Kier molecular flexibility index (Phi) is 22.1. The van der Waals surface area contributed by atoms with Crippen LogP contribution < -0.4 is 28.4 Å². The van der Waals surface area contributed by atoms with Gasteiger partial charge in [0.15, 0.2) is 0 Å². The number of phenols is 10. The molecule has 0 spiro atoms. The van der Waals surface area contributed by atoms with Crippen molar-refractivity contribution in [3.05, 3.63) is 330 Å². The van der Waals surface area contributed by atoms with Gasteiger partial charge in [-0.1, -0.05) is 121 Å². The van der Waals surface area contributed by atoms with E-state index < -0.39 is 0 Å². The summed E-state index contributed by atoms with van der Waals surface area (Å²) in [5, 5.41) is 98.7. The molecule has 8 atom stereocenters. The maximum absolute atomic E-state index is 10.2. The van der Waals surface area contributed by atoms with Crippen molar-refractivity contribution in [1.29, 1.82) is 0 Å². The Bertz CT molecular complexity index is 5280. The molecule has 0 saturated heterocycles. The number of aryl methyl sites for hydroxylation is 4. The van der Waals surface area contributed by atoms with Crippen molar-refractivity contribution < 1.29 is 79.5 Å². The van der Waals surface area contributed by atoms with Gasteiger partial charge in [-0.3, -0.25) is 0 Å². The fourth-order valence-electron chi connectivity index (χ4n) is 16.3. The van der Waals surface area contributed by atoms with Crippen LogP contribution in [0.3, 0.4) is 0 Å². The van der Waals surface area contributed by atoms with Gasteiger partial charge in [0.25, 0.3) is 0 Å². The fourth-order valence-corrected chi connectivity index (χ4v) is 16.3.